The van der Waals surface area contributed by atoms with Crippen LogP contribution in [0.15, 0.2) is 53.1 Å². The van der Waals surface area contributed by atoms with Gasteiger partial charge in [0.15, 0.2) is 0 Å². The number of hydrogen-bond donors (Lipinski definition) is 2. The van der Waals surface area contributed by atoms with Crippen LogP contribution in [0.2, 0.25) is 0 Å². The van der Waals surface area contributed by atoms with Crippen molar-refractivity contribution in [2.45, 2.75) is 19.8 Å². The molecule has 0 aliphatic carbocycles. The Hall–Kier alpha value is -4.10. The molecule has 0 fully saturated rings. The highest BCUT2D eigenvalue weighted by Gasteiger charge is 2.44. The number of benzene rings is 2. The number of ether oxygens (including phenoxy) is 2. The van der Waals surface area contributed by atoms with Gasteiger partial charge in [-0.2, -0.15) is 5.26 Å². The van der Waals surface area contributed by atoms with Gasteiger partial charge in [-0.05, 0) is 54.8 Å². The molecule has 186 valence electrons. The van der Waals surface area contributed by atoms with Crippen molar-refractivity contribution in [3.63, 3.8) is 0 Å². The van der Waals surface area contributed by atoms with Crippen molar-refractivity contribution in [1.29, 1.82) is 5.26 Å². The number of esters is 2. The minimum Gasteiger partial charge on any atom is -0.468 e. The monoisotopic (exact) mass is 507 g/mol. The van der Waals surface area contributed by atoms with E-state index in [1.807, 2.05) is 26.0 Å². The van der Waals surface area contributed by atoms with Crippen molar-refractivity contribution >= 4 is 41.2 Å². The highest BCUT2D eigenvalue weighted by Crippen LogP contribution is 2.40. The van der Waals surface area contributed by atoms with Crippen LogP contribution in [-0.2, 0) is 23.9 Å². The Labute approximate surface area is 212 Å². The summed E-state index contributed by atoms with van der Waals surface area (Å²) in [5, 5.41) is 15.6. The van der Waals surface area contributed by atoms with Crippen LogP contribution in [0, 0.1) is 31.1 Å². The minimum atomic E-state index is -1.32. The summed E-state index contributed by atoms with van der Waals surface area (Å²) in [6.45, 7) is 3.91. The smallest absolute Gasteiger partial charge is 0.337 e. The zero-order valence-electron chi connectivity index (χ0n) is 20.2. The molecule has 2 atom stereocenters. The maximum absolute atomic E-state index is 12.9. The molecule has 2 aromatic rings. The molecule has 10 heteroatoms. The Balaban J connectivity index is 1.90. The quantitative estimate of drug-likeness (QED) is 0.431. The average molecular weight is 508 g/mol. The van der Waals surface area contributed by atoms with Crippen molar-refractivity contribution in [2.75, 3.05) is 25.3 Å². The number of aryl methyl sites for hydroxylation is 2. The maximum Gasteiger partial charge on any atom is 0.337 e. The molecule has 0 radical (unpaired) electrons. The highest BCUT2D eigenvalue weighted by atomic mass is 32.2. The van der Waals surface area contributed by atoms with Gasteiger partial charge in [-0.1, -0.05) is 30.0 Å². The van der Waals surface area contributed by atoms with E-state index in [1.54, 1.807) is 18.2 Å². The lowest BCUT2D eigenvalue weighted by Gasteiger charge is -2.31. The topological polar surface area (TPSA) is 135 Å². The first-order valence-corrected chi connectivity index (χ1v) is 11.9. The van der Waals surface area contributed by atoms with Crippen LogP contribution in [0.25, 0.3) is 0 Å². The first-order valence-electron chi connectivity index (χ1n) is 10.9. The van der Waals surface area contributed by atoms with Crippen molar-refractivity contribution in [3.05, 3.63) is 75.3 Å². The number of allylic oxidation sites excluding steroid dienone is 1. The third-order valence-electron chi connectivity index (χ3n) is 5.81. The average Bonchev–Trinajstić information content (AvgIpc) is 2.88. The van der Waals surface area contributed by atoms with Crippen molar-refractivity contribution in [2.24, 2.45) is 5.92 Å². The molecule has 2 N–H and O–H groups in total. The molecule has 36 heavy (non-hydrogen) atoms. The summed E-state index contributed by atoms with van der Waals surface area (Å²) >= 11 is 0.987. The summed E-state index contributed by atoms with van der Waals surface area (Å²) in [5.74, 6) is -4.69. The second-order valence-electron chi connectivity index (χ2n) is 8.07. The third-order valence-corrected chi connectivity index (χ3v) is 6.83. The molecule has 1 heterocycles. The first kappa shape index (κ1) is 26.5. The number of nitrogens with zero attached hydrogens (tertiary/aromatic N) is 1. The van der Waals surface area contributed by atoms with Crippen LogP contribution in [-0.4, -0.2) is 43.7 Å². The largest absolute Gasteiger partial charge is 0.468 e. The first-order chi connectivity index (χ1) is 17.2. The second-order valence-corrected chi connectivity index (χ2v) is 9.06. The van der Waals surface area contributed by atoms with E-state index in [0.717, 1.165) is 30.0 Å². The summed E-state index contributed by atoms with van der Waals surface area (Å²) in [5.41, 5.74) is 3.62. The van der Waals surface area contributed by atoms with Gasteiger partial charge in [0, 0.05) is 11.6 Å². The van der Waals surface area contributed by atoms with Gasteiger partial charge in [0.2, 0.25) is 11.8 Å². The fourth-order valence-corrected chi connectivity index (χ4v) is 4.63. The number of nitrogens with one attached hydrogen (secondary N) is 2. The summed E-state index contributed by atoms with van der Waals surface area (Å²) in [7, 11) is 2.41. The third kappa shape index (κ3) is 5.75. The van der Waals surface area contributed by atoms with Gasteiger partial charge >= 0.3 is 11.9 Å². The molecule has 1 aliphatic rings. The highest BCUT2D eigenvalue weighted by molar-refractivity contribution is 8.03. The number of methoxy groups -OCH3 is 2. The molecule has 1 aliphatic heterocycles. The summed E-state index contributed by atoms with van der Waals surface area (Å²) < 4.78 is 9.53. The molecular weight excluding hydrogens is 482 g/mol. The number of carbonyl (C=O) groups excluding carboxylic acids is 4. The normalized spacial score (nSPS) is 17.0. The molecular formula is C26H25N3O6S. The van der Waals surface area contributed by atoms with Gasteiger partial charge in [-0.25, -0.2) is 4.79 Å². The predicted molar refractivity (Wildman–Crippen MR) is 134 cm³/mol. The number of carbonyl (C=O) groups is 4. The Bertz CT molecular complexity index is 1280. The number of amides is 2. The molecule has 0 bridgehead atoms. The number of anilines is 1. The molecule has 0 aromatic heterocycles. The van der Waals surface area contributed by atoms with Crippen molar-refractivity contribution in [1.82, 2.24) is 5.32 Å². The van der Waals surface area contributed by atoms with Gasteiger partial charge in [0.05, 0.1) is 42.2 Å². The number of thioether (sulfide) groups is 1. The van der Waals surface area contributed by atoms with E-state index in [2.05, 4.69) is 16.7 Å². The Kier molecular flexibility index (Phi) is 8.51. The molecule has 2 amide bonds. The van der Waals surface area contributed by atoms with Gasteiger partial charge < -0.3 is 20.1 Å². The minimum absolute atomic E-state index is 0.0788. The molecule has 3 rings (SSSR count). The van der Waals surface area contributed by atoms with Gasteiger partial charge in [-0.15, -0.1) is 0 Å². The fraction of sp³-hybridized carbons (Fsp3) is 0.269. The van der Waals surface area contributed by atoms with Crippen molar-refractivity contribution < 1.29 is 28.7 Å². The van der Waals surface area contributed by atoms with Crippen LogP contribution in [0.3, 0.4) is 0 Å². The van der Waals surface area contributed by atoms with E-state index >= 15 is 0 Å². The molecule has 2 aromatic carbocycles. The van der Waals surface area contributed by atoms with Gasteiger partial charge in [0.1, 0.15) is 5.92 Å². The van der Waals surface area contributed by atoms with Gasteiger partial charge in [0.25, 0.3) is 0 Å². The Morgan fingerprint density at radius 2 is 1.75 bits per heavy atom. The zero-order valence-corrected chi connectivity index (χ0v) is 21.0. The van der Waals surface area contributed by atoms with Crippen molar-refractivity contribution in [3.8, 4) is 6.07 Å². The molecule has 0 saturated heterocycles. The van der Waals surface area contributed by atoms with Gasteiger partial charge in [-0.3, -0.25) is 14.4 Å². The van der Waals surface area contributed by atoms with Crippen LogP contribution in [0.5, 0.6) is 0 Å². The van der Waals surface area contributed by atoms with Crippen LogP contribution < -0.4 is 10.6 Å². The lowest BCUT2D eigenvalue weighted by atomic mass is 9.78. The van der Waals surface area contributed by atoms with Crippen LogP contribution in [0.1, 0.15) is 33.0 Å². The standard InChI is InChI=1S/C26H25N3O6S/c1-14-5-10-18(11-15(14)2)28-20(30)13-36-24-19(12-27)21(22(23(31)29-24)26(33)35-4)16-6-8-17(9-7-16)25(32)34-3/h5-11,21-22H,13H2,1-4H3,(H,28,30)(H,29,31)/t21-,22+/m1/s1. The maximum atomic E-state index is 12.9. The Morgan fingerprint density at radius 3 is 2.33 bits per heavy atom. The van der Waals surface area contributed by atoms with E-state index in [9.17, 15) is 24.4 Å². The lowest BCUT2D eigenvalue weighted by Crippen LogP contribution is -2.44. The molecule has 9 nitrogen and oxygen atoms in total. The van der Waals surface area contributed by atoms with Crippen LogP contribution in [0.4, 0.5) is 5.69 Å². The van der Waals surface area contributed by atoms with Crippen LogP contribution >= 0.6 is 11.8 Å². The predicted octanol–water partition coefficient (Wildman–Crippen LogP) is 3.20. The second kappa shape index (κ2) is 11.6. The molecule has 0 spiro atoms. The summed E-state index contributed by atoms with van der Waals surface area (Å²) in [4.78, 5) is 49.8. The Morgan fingerprint density at radius 1 is 1.06 bits per heavy atom. The van der Waals surface area contributed by atoms with E-state index in [-0.39, 0.29) is 27.8 Å². The number of hydrogen-bond acceptors (Lipinski definition) is 8. The SMILES string of the molecule is COC(=O)c1ccc([C@@H]2C(C#N)=C(SCC(=O)Nc3ccc(C)c(C)c3)NC(=O)[C@H]2C(=O)OC)cc1. The molecule has 0 saturated carbocycles. The summed E-state index contributed by atoms with van der Waals surface area (Å²) in [6, 6.07) is 13.7. The molecule has 0 unspecified atom stereocenters. The van der Waals surface area contributed by atoms with E-state index < -0.39 is 29.7 Å². The lowest BCUT2D eigenvalue weighted by molar-refractivity contribution is -0.150. The van der Waals surface area contributed by atoms with E-state index in [4.69, 9.17) is 9.47 Å². The van der Waals surface area contributed by atoms with E-state index in [0.29, 0.717) is 11.3 Å². The zero-order chi connectivity index (χ0) is 26.4. The fourth-order valence-electron chi connectivity index (χ4n) is 3.78. The summed E-state index contributed by atoms with van der Waals surface area (Å²) in [6.07, 6.45) is 0. The van der Waals surface area contributed by atoms with E-state index in [1.165, 1.54) is 19.2 Å². The number of nitriles is 1. The number of rotatable bonds is 7.